The molecule has 0 fully saturated rings. The van der Waals surface area contributed by atoms with Crippen molar-refractivity contribution in [3.63, 3.8) is 0 Å². The predicted molar refractivity (Wildman–Crippen MR) is 89.2 cm³/mol. The average Bonchev–Trinajstić information content (AvgIpc) is 2.89. The Morgan fingerprint density at radius 2 is 2.10 bits per heavy atom. The summed E-state index contributed by atoms with van der Waals surface area (Å²) in [6, 6.07) is 12.6. The second-order valence-electron chi connectivity index (χ2n) is 4.65. The molecule has 0 aliphatic carbocycles. The average molecular weight is 347 g/mol. The summed E-state index contributed by atoms with van der Waals surface area (Å²) < 4.78 is 1.16. The molecule has 3 aromatic rings. The number of benzene rings is 1. The van der Waals surface area contributed by atoms with E-state index in [9.17, 15) is 0 Å². The summed E-state index contributed by atoms with van der Waals surface area (Å²) in [5, 5.41) is 6.82. The molecule has 0 unspecified atom stereocenters. The Hall–Kier alpha value is -1.23. The number of rotatable bonds is 5. The van der Waals surface area contributed by atoms with Crippen LogP contribution in [0.15, 0.2) is 52.4 Å². The third-order valence-corrected chi connectivity index (χ3v) is 4.91. The highest BCUT2D eigenvalue weighted by Gasteiger charge is 2.02. The van der Waals surface area contributed by atoms with Gasteiger partial charge in [-0.25, -0.2) is 0 Å². The Balaban J connectivity index is 1.60. The SMILES string of the molecule is Brc1csc(CNCCc2cccc3cccnc23)c1. The van der Waals surface area contributed by atoms with Gasteiger partial charge in [-0.2, -0.15) is 0 Å². The van der Waals surface area contributed by atoms with Crippen molar-refractivity contribution < 1.29 is 0 Å². The first-order valence-corrected chi connectivity index (χ1v) is 8.26. The number of fused-ring (bicyclic) bond motifs is 1. The second-order valence-corrected chi connectivity index (χ2v) is 6.56. The van der Waals surface area contributed by atoms with Crippen LogP contribution in [0.25, 0.3) is 10.9 Å². The number of nitrogens with zero attached hydrogens (tertiary/aromatic N) is 1. The van der Waals surface area contributed by atoms with Crippen molar-refractivity contribution in [1.29, 1.82) is 0 Å². The molecular formula is C16H15BrN2S. The van der Waals surface area contributed by atoms with Gasteiger partial charge in [0.05, 0.1) is 5.52 Å². The molecule has 1 N–H and O–H groups in total. The fourth-order valence-electron chi connectivity index (χ4n) is 2.25. The molecule has 102 valence electrons. The van der Waals surface area contributed by atoms with Gasteiger partial charge in [-0.15, -0.1) is 11.3 Å². The summed E-state index contributed by atoms with van der Waals surface area (Å²) in [6.45, 7) is 1.89. The molecule has 0 aliphatic heterocycles. The normalized spacial score (nSPS) is 11.1. The van der Waals surface area contributed by atoms with Crippen LogP contribution in [0.5, 0.6) is 0 Å². The number of nitrogens with one attached hydrogen (secondary N) is 1. The Morgan fingerprint density at radius 3 is 2.95 bits per heavy atom. The molecule has 4 heteroatoms. The summed E-state index contributed by atoms with van der Waals surface area (Å²) in [5.74, 6) is 0. The van der Waals surface area contributed by atoms with Crippen LogP contribution >= 0.6 is 27.3 Å². The molecule has 2 aromatic heterocycles. The molecule has 2 heterocycles. The van der Waals surface area contributed by atoms with E-state index >= 15 is 0 Å². The van der Waals surface area contributed by atoms with Gasteiger partial charge >= 0.3 is 0 Å². The van der Waals surface area contributed by atoms with Gasteiger partial charge in [0, 0.05) is 32.9 Å². The molecule has 0 amide bonds. The lowest BCUT2D eigenvalue weighted by molar-refractivity contribution is 0.695. The van der Waals surface area contributed by atoms with Crippen molar-refractivity contribution in [2.24, 2.45) is 0 Å². The van der Waals surface area contributed by atoms with Crippen LogP contribution < -0.4 is 5.32 Å². The van der Waals surface area contributed by atoms with Gasteiger partial charge in [0.25, 0.3) is 0 Å². The molecular weight excluding hydrogens is 332 g/mol. The van der Waals surface area contributed by atoms with Gasteiger partial charge in [0.15, 0.2) is 0 Å². The Bertz CT molecular complexity index is 703. The highest BCUT2D eigenvalue weighted by Crippen LogP contribution is 2.19. The Labute approximate surface area is 131 Å². The van der Waals surface area contributed by atoms with Crippen molar-refractivity contribution in [3.8, 4) is 0 Å². The summed E-state index contributed by atoms with van der Waals surface area (Å²) in [5.41, 5.74) is 2.43. The minimum Gasteiger partial charge on any atom is -0.312 e. The molecule has 0 bridgehead atoms. The molecule has 0 spiro atoms. The third-order valence-electron chi connectivity index (χ3n) is 3.21. The van der Waals surface area contributed by atoms with Crippen LogP contribution in [0.3, 0.4) is 0 Å². The lowest BCUT2D eigenvalue weighted by atomic mass is 10.1. The minimum atomic E-state index is 0.925. The number of para-hydroxylation sites is 1. The number of hydrogen-bond acceptors (Lipinski definition) is 3. The van der Waals surface area contributed by atoms with Gasteiger partial charge < -0.3 is 5.32 Å². The number of thiophene rings is 1. The van der Waals surface area contributed by atoms with E-state index in [1.807, 2.05) is 12.3 Å². The van der Waals surface area contributed by atoms with Crippen molar-refractivity contribution in [2.75, 3.05) is 6.54 Å². The standard InChI is InChI=1S/C16H15BrN2S/c17-14-9-15(20-11-14)10-18-8-6-13-4-1-3-12-5-2-7-19-16(12)13/h1-5,7,9,11,18H,6,8,10H2. The van der Waals surface area contributed by atoms with Gasteiger partial charge in [-0.3, -0.25) is 4.98 Å². The predicted octanol–water partition coefficient (Wildman–Crippen LogP) is 4.39. The van der Waals surface area contributed by atoms with E-state index in [0.717, 1.165) is 29.5 Å². The fourth-order valence-corrected chi connectivity index (χ4v) is 3.67. The zero-order chi connectivity index (χ0) is 13.8. The van der Waals surface area contributed by atoms with Gasteiger partial charge in [0.1, 0.15) is 0 Å². The maximum atomic E-state index is 4.49. The van der Waals surface area contributed by atoms with Crippen molar-refractivity contribution in [3.05, 3.63) is 62.9 Å². The summed E-state index contributed by atoms with van der Waals surface area (Å²) in [4.78, 5) is 5.84. The van der Waals surface area contributed by atoms with E-state index in [4.69, 9.17) is 0 Å². The van der Waals surface area contributed by atoms with E-state index in [0.29, 0.717) is 0 Å². The quantitative estimate of drug-likeness (QED) is 0.693. The summed E-state index contributed by atoms with van der Waals surface area (Å²) in [6.07, 6.45) is 2.86. The number of halogens is 1. The van der Waals surface area contributed by atoms with E-state index in [-0.39, 0.29) is 0 Å². The fraction of sp³-hybridized carbons (Fsp3) is 0.188. The topological polar surface area (TPSA) is 24.9 Å². The third kappa shape index (κ3) is 3.26. The Morgan fingerprint density at radius 1 is 1.20 bits per heavy atom. The van der Waals surface area contributed by atoms with Gasteiger partial charge in [0.2, 0.25) is 0 Å². The zero-order valence-corrected chi connectivity index (χ0v) is 13.4. The smallest absolute Gasteiger partial charge is 0.0734 e. The number of pyridine rings is 1. The van der Waals surface area contributed by atoms with Crippen molar-refractivity contribution in [1.82, 2.24) is 10.3 Å². The number of aromatic nitrogens is 1. The van der Waals surface area contributed by atoms with Crippen molar-refractivity contribution in [2.45, 2.75) is 13.0 Å². The van der Waals surface area contributed by atoms with Crippen LogP contribution in [-0.2, 0) is 13.0 Å². The molecule has 0 atom stereocenters. The second kappa shape index (κ2) is 6.48. The molecule has 20 heavy (non-hydrogen) atoms. The molecule has 0 radical (unpaired) electrons. The van der Waals surface area contributed by atoms with Crippen LogP contribution in [-0.4, -0.2) is 11.5 Å². The highest BCUT2D eigenvalue weighted by molar-refractivity contribution is 9.10. The van der Waals surface area contributed by atoms with E-state index in [1.165, 1.54) is 15.8 Å². The maximum Gasteiger partial charge on any atom is 0.0734 e. The van der Waals surface area contributed by atoms with Gasteiger partial charge in [-0.05, 0) is 46.6 Å². The molecule has 0 saturated heterocycles. The van der Waals surface area contributed by atoms with E-state index in [1.54, 1.807) is 11.3 Å². The van der Waals surface area contributed by atoms with Crippen molar-refractivity contribution >= 4 is 38.2 Å². The first kappa shape index (κ1) is 13.7. The Kier molecular flexibility index (Phi) is 4.45. The van der Waals surface area contributed by atoms with Crippen LogP contribution in [0.2, 0.25) is 0 Å². The largest absolute Gasteiger partial charge is 0.312 e. The lowest BCUT2D eigenvalue weighted by Crippen LogP contribution is -2.16. The zero-order valence-electron chi connectivity index (χ0n) is 11.0. The summed E-state index contributed by atoms with van der Waals surface area (Å²) in [7, 11) is 0. The lowest BCUT2D eigenvalue weighted by Gasteiger charge is -2.06. The van der Waals surface area contributed by atoms with E-state index in [2.05, 4.69) is 61.9 Å². The molecule has 2 nitrogen and oxygen atoms in total. The van der Waals surface area contributed by atoms with Gasteiger partial charge in [-0.1, -0.05) is 24.3 Å². The first-order chi connectivity index (χ1) is 9.83. The number of hydrogen-bond donors (Lipinski definition) is 1. The minimum absolute atomic E-state index is 0.925. The molecule has 0 aliphatic rings. The van der Waals surface area contributed by atoms with Crippen LogP contribution in [0.4, 0.5) is 0 Å². The highest BCUT2D eigenvalue weighted by atomic mass is 79.9. The molecule has 1 aromatic carbocycles. The van der Waals surface area contributed by atoms with Crippen LogP contribution in [0.1, 0.15) is 10.4 Å². The summed E-state index contributed by atoms with van der Waals surface area (Å²) >= 11 is 5.26. The monoisotopic (exact) mass is 346 g/mol. The van der Waals surface area contributed by atoms with E-state index < -0.39 is 0 Å². The molecule has 3 rings (SSSR count). The molecule has 0 saturated carbocycles. The maximum absolute atomic E-state index is 4.49. The van der Waals surface area contributed by atoms with Crippen LogP contribution in [0, 0.1) is 0 Å². The first-order valence-electron chi connectivity index (χ1n) is 6.59.